The molecule has 3 aromatic carbocycles. The van der Waals surface area contributed by atoms with E-state index in [1.165, 1.54) is 0 Å². The van der Waals surface area contributed by atoms with Gasteiger partial charge in [-0.05, 0) is 41.5 Å². The molecule has 0 aliphatic rings. The first-order chi connectivity index (χ1) is 11.8. The van der Waals surface area contributed by atoms with Crippen molar-refractivity contribution in [2.24, 2.45) is 0 Å². The Kier molecular flexibility index (Phi) is 5.24. The van der Waals surface area contributed by atoms with Crippen LogP contribution in [0.4, 0.5) is 0 Å². The van der Waals surface area contributed by atoms with E-state index in [-0.39, 0.29) is 0 Å². The first-order valence-corrected chi connectivity index (χ1v) is 8.81. The largest absolute Gasteiger partial charge is 0.497 e. The van der Waals surface area contributed by atoms with E-state index >= 15 is 0 Å². The van der Waals surface area contributed by atoms with Crippen molar-refractivity contribution in [2.45, 2.75) is 9.79 Å². The molecular formula is C21H18O2S. The van der Waals surface area contributed by atoms with Gasteiger partial charge < -0.3 is 4.74 Å². The quantitative estimate of drug-likeness (QED) is 0.612. The van der Waals surface area contributed by atoms with Crippen molar-refractivity contribution in [3.63, 3.8) is 0 Å². The smallest absolute Gasteiger partial charge is 0.118 e. The maximum Gasteiger partial charge on any atom is 0.118 e. The summed E-state index contributed by atoms with van der Waals surface area (Å²) in [6.45, 7) is 0. The zero-order chi connectivity index (χ0) is 16.8. The standard InChI is InChI=1S/C21H18O2S/c1-23-19-13-15-20(16-14-19)24(22)21-10-6-5-9-18(21)12-11-17-7-3-2-4-8-17/h2-16H,1H3/b12-11+/t24-/m0/s1. The molecule has 0 heterocycles. The fraction of sp³-hybridized carbons (Fsp3) is 0.0476. The summed E-state index contributed by atoms with van der Waals surface area (Å²) in [6, 6.07) is 25.2. The van der Waals surface area contributed by atoms with Crippen LogP contribution in [0.3, 0.4) is 0 Å². The van der Waals surface area contributed by atoms with Crippen molar-refractivity contribution in [3.8, 4) is 5.75 Å². The fourth-order valence-corrected chi connectivity index (χ4v) is 3.55. The molecule has 0 N–H and O–H groups in total. The molecule has 0 unspecified atom stereocenters. The molecule has 0 saturated heterocycles. The summed E-state index contributed by atoms with van der Waals surface area (Å²) in [6.07, 6.45) is 4.04. The second kappa shape index (κ2) is 7.75. The van der Waals surface area contributed by atoms with Gasteiger partial charge in [-0.3, -0.25) is 0 Å². The van der Waals surface area contributed by atoms with Gasteiger partial charge in [-0.15, -0.1) is 0 Å². The number of rotatable bonds is 5. The van der Waals surface area contributed by atoms with Crippen molar-refractivity contribution in [3.05, 3.63) is 90.0 Å². The third-order valence-electron chi connectivity index (χ3n) is 3.65. The van der Waals surface area contributed by atoms with Gasteiger partial charge in [0.25, 0.3) is 0 Å². The van der Waals surface area contributed by atoms with Crippen LogP contribution in [-0.4, -0.2) is 11.3 Å². The molecule has 1 atom stereocenters. The van der Waals surface area contributed by atoms with Crippen LogP contribution in [0.5, 0.6) is 5.75 Å². The van der Waals surface area contributed by atoms with E-state index in [2.05, 4.69) is 0 Å². The predicted molar refractivity (Wildman–Crippen MR) is 99.5 cm³/mol. The van der Waals surface area contributed by atoms with Crippen molar-refractivity contribution >= 4 is 23.0 Å². The molecular weight excluding hydrogens is 316 g/mol. The molecule has 3 heteroatoms. The highest BCUT2D eigenvalue weighted by Gasteiger charge is 2.10. The molecule has 0 fully saturated rings. The zero-order valence-electron chi connectivity index (χ0n) is 13.4. The Morgan fingerprint density at radius 2 is 1.46 bits per heavy atom. The summed E-state index contributed by atoms with van der Waals surface area (Å²) in [5, 5.41) is 0. The topological polar surface area (TPSA) is 26.3 Å². The van der Waals surface area contributed by atoms with E-state index in [0.717, 1.165) is 26.7 Å². The van der Waals surface area contributed by atoms with Crippen LogP contribution in [0, 0.1) is 0 Å². The van der Waals surface area contributed by atoms with E-state index < -0.39 is 10.8 Å². The summed E-state index contributed by atoms with van der Waals surface area (Å²) in [4.78, 5) is 1.56. The van der Waals surface area contributed by atoms with Crippen LogP contribution in [0.15, 0.2) is 88.7 Å². The minimum atomic E-state index is -1.23. The summed E-state index contributed by atoms with van der Waals surface area (Å²) in [7, 11) is 0.387. The molecule has 3 rings (SSSR count). The van der Waals surface area contributed by atoms with E-state index in [9.17, 15) is 4.21 Å². The molecule has 0 saturated carbocycles. The average Bonchev–Trinajstić information content (AvgIpc) is 2.67. The summed E-state index contributed by atoms with van der Waals surface area (Å²) in [5.74, 6) is 0.757. The second-order valence-corrected chi connectivity index (χ2v) is 6.67. The normalized spacial score (nSPS) is 12.2. The van der Waals surface area contributed by atoms with Gasteiger partial charge in [0.05, 0.1) is 22.8 Å². The molecule has 0 aliphatic heterocycles. The lowest BCUT2D eigenvalue weighted by atomic mass is 10.1. The molecule has 0 amide bonds. The van der Waals surface area contributed by atoms with E-state index in [1.807, 2.05) is 91.0 Å². The van der Waals surface area contributed by atoms with Gasteiger partial charge in [0.2, 0.25) is 0 Å². The number of methoxy groups -OCH3 is 1. The molecule has 2 nitrogen and oxygen atoms in total. The van der Waals surface area contributed by atoms with Crippen molar-refractivity contribution in [1.82, 2.24) is 0 Å². The number of ether oxygens (including phenoxy) is 1. The number of benzene rings is 3. The van der Waals surface area contributed by atoms with Gasteiger partial charge in [0, 0.05) is 4.90 Å². The summed E-state index contributed by atoms with van der Waals surface area (Å²) < 4.78 is 18.1. The minimum Gasteiger partial charge on any atom is -0.497 e. The van der Waals surface area contributed by atoms with Gasteiger partial charge >= 0.3 is 0 Å². The Morgan fingerprint density at radius 1 is 0.792 bits per heavy atom. The van der Waals surface area contributed by atoms with Crippen LogP contribution in [0.25, 0.3) is 12.2 Å². The maximum atomic E-state index is 12.9. The predicted octanol–water partition coefficient (Wildman–Crippen LogP) is 5.03. The van der Waals surface area contributed by atoms with E-state index in [0.29, 0.717) is 0 Å². The third-order valence-corrected chi connectivity index (χ3v) is 5.12. The SMILES string of the molecule is COc1ccc([S@](=O)c2ccccc2/C=C/c2ccccc2)cc1. The van der Waals surface area contributed by atoms with Crippen LogP contribution in [0.1, 0.15) is 11.1 Å². The molecule has 0 aromatic heterocycles. The zero-order valence-corrected chi connectivity index (χ0v) is 14.2. The first-order valence-electron chi connectivity index (χ1n) is 7.66. The Balaban J connectivity index is 1.90. The lowest BCUT2D eigenvalue weighted by molar-refractivity contribution is 0.414. The van der Waals surface area contributed by atoms with Crippen molar-refractivity contribution in [1.29, 1.82) is 0 Å². The Morgan fingerprint density at radius 3 is 2.17 bits per heavy atom. The van der Waals surface area contributed by atoms with Crippen molar-refractivity contribution in [2.75, 3.05) is 7.11 Å². The molecule has 0 aliphatic carbocycles. The Bertz CT molecular complexity index is 853. The van der Waals surface area contributed by atoms with Crippen LogP contribution in [-0.2, 0) is 10.8 Å². The summed E-state index contributed by atoms with van der Waals surface area (Å²) in [5.41, 5.74) is 2.07. The highest BCUT2D eigenvalue weighted by molar-refractivity contribution is 7.85. The third kappa shape index (κ3) is 3.81. The fourth-order valence-electron chi connectivity index (χ4n) is 2.36. The lowest BCUT2D eigenvalue weighted by Crippen LogP contribution is -1.95. The van der Waals surface area contributed by atoms with Crippen molar-refractivity contribution < 1.29 is 8.95 Å². The van der Waals surface area contributed by atoms with Gasteiger partial charge in [-0.2, -0.15) is 0 Å². The molecule has 24 heavy (non-hydrogen) atoms. The minimum absolute atomic E-state index is 0.757. The lowest BCUT2D eigenvalue weighted by Gasteiger charge is -2.07. The van der Waals surface area contributed by atoms with Gasteiger partial charge in [-0.1, -0.05) is 60.7 Å². The van der Waals surface area contributed by atoms with Gasteiger partial charge in [0.1, 0.15) is 5.75 Å². The van der Waals surface area contributed by atoms with E-state index in [4.69, 9.17) is 4.74 Å². The molecule has 0 spiro atoms. The van der Waals surface area contributed by atoms with Gasteiger partial charge in [0.15, 0.2) is 0 Å². The molecule has 3 aromatic rings. The van der Waals surface area contributed by atoms with Crippen LogP contribution in [0.2, 0.25) is 0 Å². The molecule has 0 bridgehead atoms. The van der Waals surface area contributed by atoms with Crippen LogP contribution >= 0.6 is 0 Å². The van der Waals surface area contributed by atoms with E-state index in [1.54, 1.807) is 7.11 Å². The van der Waals surface area contributed by atoms with Gasteiger partial charge in [-0.25, -0.2) is 4.21 Å². The monoisotopic (exact) mass is 334 g/mol. The maximum absolute atomic E-state index is 12.9. The Hall–Kier alpha value is -2.65. The van der Waals surface area contributed by atoms with Crippen LogP contribution < -0.4 is 4.74 Å². The average molecular weight is 334 g/mol. The molecule has 120 valence electrons. The highest BCUT2D eigenvalue weighted by atomic mass is 32.2. The Labute approximate surface area is 144 Å². The first kappa shape index (κ1) is 16.2. The molecule has 0 radical (unpaired) electrons. The summed E-state index contributed by atoms with van der Waals surface area (Å²) >= 11 is 0. The number of hydrogen-bond donors (Lipinski definition) is 0. The highest BCUT2D eigenvalue weighted by Crippen LogP contribution is 2.23. The second-order valence-electron chi connectivity index (χ2n) is 5.23. The number of hydrogen-bond acceptors (Lipinski definition) is 2.